The van der Waals surface area contributed by atoms with Crippen LogP contribution in [0.3, 0.4) is 0 Å². The van der Waals surface area contributed by atoms with Gasteiger partial charge in [0.05, 0.1) is 45.0 Å². The molecule has 14 heteroatoms. The van der Waals surface area contributed by atoms with E-state index in [1.807, 2.05) is 0 Å². The number of aromatic nitrogens is 1. The summed E-state index contributed by atoms with van der Waals surface area (Å²) >= 11 is 0. The van der Waals surface area contributed by atoms with E-state index in [9.17, 15) is 24.0 Å². The first-order valence-corrected chi connectivity index (χ1v) is 10.3. The summed E-state index contributed by atoms with van der Waals surface area (Å²) in [5, 5.41) is 38.8. The van der Waals surface area contributed by atoms with Crippen LogP contribution >= 0.6 is 0 Å². The molecule has 0 unspecified atom stereocenters. The zero-order valence-corrected chi connectivity index (χ0v) is 18.5. The maximum Gasteiger partial charge on any atom is 0.317 e. The number of nitrogens with zero attached hydrogens (tertiary/aromatic N) is 4. The van der Waals surface area contributed by atoms with Crippen molar-refractivity contribution in [3.05, 3.63) is 30.1 Å². The lowest BCUT2D eigenvalue weighted by molar-refractivity contribution is -0.143. The normalized spacial score (nSPS) is 11.0. The third-order valence-corrected chi connectivity index (χ3v) is 4.46. The minimum atomic E-state index is -1.23. The van der Waals surface area contributed by atoms with Gasteiger partial charge in [-0.05, 0) is 12.1 Å². The zero-order valence-electron chi connectivity index (χ0n) is 18.5. The van der Waals surface area contributed by atoms with Gasteiger partial charge in [-0.1, -0.05) is 6.07 Å². The quantitative estimate of drug-likeness (QED) is 0.153. The van der Waals surface area contributed by atoms with Gasteiger partial charge in [-0.25, -0.2) is 0 Å². The summed E-state index contributed by atoms with van der Waals surface area (Å²) in [6.07, 6.45) is 1.57. The van der Waals surface area contributed by atoms with Crippen LogP contribution in [0.4, 0.5) is 0 Å². The number of carbonyl (C=O) groups is 5. The molecule has 0 aliphatic heterocycles. The van der Waals surface area contributed by atoms with Crippen LogP contribution in [-0.2, 0) is 30.5 Å². The van der Waals surface area contributed by atoms with E-state index in [1.54, 1.807) is 24.4 Å². The minimum Gasteiger partial charge on any atom is -0.480 e. The summed E-state index contributed by atoms with van der Waals surface area (Å²) in [4.78, 5) is 64.5. The Bertz CT molecular complexity index is 821. The molecule has 14 nitrogen and oxygen atoms in total. The van der Waals surface area contributed by atoms with Crippen molar-refractivity contribution < 1.29 is 44.4 Å². The third kappa shape index (κ3) is 13.7. The molecule has 0 aliphatic carbocycles. The van der Waals surface area contributed by atoms with Crippen LogP contribution in [0.25, 0.3) is 0 Å². The molecule has 1 amide bonds. The van der Waals surface area contributed by atoms with Crippen molar-refractivity contribution in [2.75, 3.05) is 58.9 Å². The predicted octanol–water partition coefficient (Wildman–Crippen LogP) is -2.06. The number of pyridine rings is 1. The lowest BCUT2D eigenvalue weighted by Gasteiger charge is -2.27. The lowest BCUT2D eigenvalue weighted by atomic mass is 10.3. The standard InChI is InChI=1S/C20H29N5O9/c26-16(22-9-15-3-1-2-4-21-15)10-24(12-18(29)30)7-5-23(11-17(27)28)6-8-25(13-19(31)32)14-20(33)34/h1-4H,5-14H2,(H,22,26)(H,27,28)(H,29,30)(H,31,32)(H,33,34). The Morgan fingerprint density at radius 1 is 0.676 bits per heavy atom. The molecular weight excluding hydrogens is 454 g/mol. The lowest BCUT2D eigenvalue weighted by Crippen LogP contribution is -2.46. The van der Waals surface area contributed by atoms with E-state index in [4.69, 9.17) is 20.4 Å². The molecule has 0 aliphatic rings. The van der Waals surface area contributed by atoms with Crippen molar-refractivity contribution in [3.8, 4) is 0 Å². The van der Waals surface area contributed by atoms with E-state index in [0.29, 0.717) is 5.69 Å². The number of carbonyl (C=O) groups excluding carboxylic acids is 1. The fourth-order valence-corrected chi connectivity index (χ4v) is 2.98. The maximum absolute atomic E-state index is 12.3. The Morgan fingerprint density at radius 3 is 1.56 bits per heavy atom. The van der Waals surface area contributed by atoms with E-state index in [1.165, 1.54) is 9.80 Å². The second-order valence-electron chi connectivity index (χ2n) is 7.37. The van der Waals surface area contributed by atoms with Gasteiger partial charge in [-0.2, -0.15) is 0 Å². The average molecular weight is 483 g/mol. The summed E-state index contributed by atoms with van der Waals surface area (Å²) in [6.45, 7) is -1.95. The van der Waals surface area contributed by atoms with Crippen LogP contribution in [0.5, 0.6) is 0 Å². The van der Waals surface area contributed by atoms with Gasteiger partial charge < -0.3 is 25.7 Å². The maximum atomic E-state index is 12.3. The molecule has 5 N–H and O–H groups in total. The molecule has 0 atom stereocenters. The van der Waals surface area contributed by atoms with Crippen LogP contribution in [-0.4, -0.2) is 129 Å². The number of rotatable bonds is 18. The highest BCUT2D eigenvalue weighted by molar-refractivity contribution is 5.79. The third-order valence-electron chi connectivity index (χ3n) is 4.46. The first-order chi connectivity index (χ1) is 16.0. The molecule has 188 valence electrons. The number of aliphatic carboxylic acids is 4. The van der Waals surface area contributed by atoms with Gasteiger partial charge >= 0.3 is 23.9 Å². The zero-order chi connectivity index (χ0) is 25.5. The Hall–Kier alpha value is -3.62. The Kier molecular flexibility index (Phi) is 12.8. The summed E-state index contributed by atoms with van der Waals surface area (Å²) in [6, 6.07) is 5.21. The molecule has 0 saturated heterocycles. The van der Waals surface area contributed by atoms with Gasteiger partial charge in [0.15, 0.2) is 0 Å². The Balaban J connectivity index is 2.68. The molecule has 0 aromatic carbocycles. The van der Waals surface area contributed by atoms with Crippen LogP contribution < -0.4 is 5.32 Å². The van der Waals surface area contributed by atoms with E-state index in [0.717, 1.165) is 4.90 Å². The van der Waals surface area contributed by atoms with Gasteiger partial charge in [0.2, 0.25) is 5.91 Å². The molecule has 34 heavy (non-hydrogen) atoms. The van der Waals surface area contributed by atoms with Gasteiger partial charge in [-0.15, -0.1) is 0 Å². The SMILES string of the molecule is O=C(O)CN(CCN(CC(=O)O)CC(=O)O)CCN(CC(=O)O)CC(=O)NCc1ccccn1. The number of amides is 1. The first-order valence-electron chi connectivity index (χ1n) is 10.3. The Labute approximate surface area is 195 Å². The van der Waals surface area contributed by atoms with Crippen LogP contribution in [0.1, 0.15) is 5.69 Å². The molecule has 0 radical (unpaired) electrons. The number of nitrogens with one attached hydrogen (secondary N) is 1. The van der Waals surface area contributed by atoms with E-state index in [2.05, 4.69) is 10.3 Å². The molecule has 1 aromatic heterocycles. The fraction of sp³-hybridized carbons (Fsp3) is 0.500. The van der Waals surface area contributed by atoms with Crippen LogP contribution in [0.2, 0.25) is 0 Å². The minimum absolute atomic E-state index is 0.0274. The van der Waals surface area contributed by atoms with Crippen molar-refractivity contribution in [1.29, 1.82) is 0 Å². The summed E-state index contributed by atoms with van der Waals surface area (Å²) < 4.78 is 0. The largest absolute Gasteiger partial charge is 0.480 e. The van der Waals surface area contributed by atoms with Crippen molar-refractivity contribution in [1.82, 2.24) is 25.0 Å². The van der Waals surface area contributed by atoms with Gasteiger partial charge in [0, 0.05) is 32.4 Å². The molecule has 0 fully saturated rings. The molecule has 0 saturated carbocycles. The van der Waals surface area contributed by atoms with Crippen molar-refractivity contribution in [3.63, 3.8) is 0 Å². The molecule has 1 aromatic rings. The Morgan fingerprint density at radius 2 is 1.12 bits per heavy atom. The highest BCUT2D eigenvalue weighted by atomic mass is 16.4. The first kappa shape index (κ1) is 28.4. The van der Waals surface area contributed by atoms with Gasteiger partial charge in [0.25, 0.3) is 0 Å². The summed E-state index contributed by atoms with van der Waals surface area (Å²) in [5.41, 5.74) is 0.626. The van der Waals surface area contributed by atoms with E-state index >= 15 is 0 Å². The number of hydrogen-bond acceptors (Lipinski definition) is 9. The van der Waals surface area contributed by atoms with Gasteiger partial charge in [0.1, 0.15) is 0 Å². The second-order valence-corrected chi connectivity index (χ2v) is 7.37. The summed E-state index contributed by atoms with van der Waals surface area (Å²) in [7, 11) is 0. The average Bonchev–Trinajstić information content (AvgIpc) is 2.73. The highest BCUT2D eigenvalue weighted by Crippen LogP contribution is 1.98. The van der Waals surface area contributed by atoms with Crippen LogP contribution in [0.15, 0.2) is 24.4 Å². The molecule has 0 bridgehead atoms. The van der Waals surface area contributed by atoms with E-state index in [-0.39, 0.29) is 39.3 Å². The van der Waals surface area contributed by atoms with Crippen molar-refractivity contribution in [2.45, 2.75) is 6.54 Å². The topological polar surface area (TPSA) is 201 Å². The predicted molar refractivity (Wildman–Crippen MR) is 116 cm³/mol. The second kappa shape index (κ2) is 15.3. The van der Waals surface area contributed by atoms with Crippen LogP contribution in [0, 0.1) is 0 Å². The number of hydrogen-bond donors (Lipinski definition) is 5. The monoisotopic (exact) mass is 483 g/mol. The van der Waals surface area contributed by atoms with Crippen molar-refractivity contribution in [2.24, 2.45) is 0 Å². The molecule has 0 spiro atoms. The number of carboxylic acids is 4. The van der Waals surface area contributed by atoms with Crippen molar-refractivity contribution >= 4 is 29.8 Å². The molecule has 1 heterocycles. The summed E-state index contributed by atoms with van der Waals surface area (Å²) in [5.74, 6) is -5.23. The molecular formula is C20H29N5O9. The van der Waals surface area contributed by atoms with E-state index < -0.39 is 56.0 Å². The fourth-order valence-electron chi connectivity index (χ4n) is 2.98. The smallest absolute Gasteiger partial charge is 0.317 e. The molecule has 1 rings (SSSR count). The highest BCUT2D eigenvalue weighted by Gasteiger charge is 2.19. The number of carboxylic acid groups (broad SMARTS) is 4. The van der Waals surface area contributed by atoms with Gasteiger partial charge in [-0.3, -0.25) is 43.7 Å².